The molecule has 8 heteroatoms. The lowest BCUT2D eigenvalue weighted by Crippen LogP contribution is -2.15. The van der Waals surface area contributed by atoms with Crippen LogP contribution in [0.1, 0.15) is 52.2 Å². The van der Waals surface area contributed by atoms with Crippen LogP contribution in [0.5, 0.6) is 0 Å². The van der Waals surface area contributed by atoms with Crippen molar-refractivity contribution in [1.29, 1.82) is 0 Å². The molecule has 2 aromatic heterocycles. The Labute approximate surface area is 127 Å². The monoisotopic (exact) mass is 306 g/mol. The van der Waals surface area contributed by atoms with Crippen molar-refractivity contribution < 1.29 is 18.8 Å². The van der Waals surface area contributed by atoms with Gasteiger partial charge in [0.2, 0.25) is 0 Å². The van der Waals surface area contributed by atoms with Crippen LogP contribution in [0.2, 0.25) is 0 Å². The molecule has 0 radical (unpaired) electrons. The van der Waals surface area contributed by atoms with Crippen LogP contribution in [-0.2, 0) is 11.8 Å². The van der Waals surface area contributed by atoms with Crippen molar-refractivity contribution in [2.45, 2.75) is 26.7 Å². The predicted molar refractivity (Wildman–Crippen MR) is 77.8 cm³/mol. The zero-order valence-corrected chi connectivity index (χ0v) is 13.1. The van der Waals surface area contributed by atoms with Crippen molar-refractivity contribution in [3.8, 4) is 0 Å². The fraction of sp³-hybridized carbons (Fsp3) is 0.429. The molecule has 2 rings (SSSR count). The van der Waals surface area contributed by atoms with E-state index in [2.05, 4.69) is 20.3 Å². The minimum Gasteiger partial charge on any atom is -0.464 e. The summed E-state index contributed by atoms with van der Waals surface area (Å²) in [6.45, 7) is 5.60. The Morgan fingerprint density at radius 2 is 2.09 bits per heavy atom. The molecule has 118 valence electrons. The summed E-state index contributed by atoms with van der Waals surface area (Å²) in [5, 5.41) is 10.4. The molecule has 0 saturated carbocycles. The molecular weight excluding hydrogens is 288 g/mol. The zero-order chi connectivity index (χ0) is 16.4. The molecule has 1 N–H and O–H groups in total. The van der Waals surface area contributed by atoms with Crippen LogP contribution in [0.15, 0.2) is 10.6 Å². The maximum absolute atomic E-state index is 12.3. The second kappa shape index (κ2) is 6.00. The lowest BCUT2D eigenvalue weighted by Gasteiger charge is -2.04. The number of nitrogens with one attached hydrogen (secondary N) is 1. The van der Waals surface area contributed by atoms with E-state index in [9.17, 15) is 9.59 Å². The highest BCUT2D eigenvalue weighted by Gasteiger charge is 2.23. The number of amides is 1. The number of methoxy groups -OCH3 is 1. The van der Waals surface area contributed by atoms with Gasteiger partial charge in [-0.05, 0) is 6.92 Å². The molecule has 0 aliphatic heterocycles. The Hall–Kier alpha value is -2.64. The van der Waals surface area contributed by atoms with E-state index in [0.29, 0.717) is 17.1 Å². The summed E-state index contributed by atoms with van der Waals surface area (Å²) in [5.74, 6) is -0.361. The Balaban J connectivity index is 2.29. The minimum absolute atomic E-state index is 0.0448. The van der Waals surface area contributed by atoms with Gasteiger partial charge in [0.15, 0.2) is 11.4 Å². The van der Waals surface area contributed by atoms with Crippen molar-refractivity contribution in [3.05, 3.63) is 28.9 Å². The van der Waals surface area contributed by atoms with Gasteiger partial charge in [-0.1, -0.05) is 19.0 Å². The van der Waals surface area contributed by atoms with Gasteiger partial charge in [-0.25, -0.2) is 4.79 Å². The Morgan fingerprint density at radius 1 is 1.41 bits per heavy atom. The number of hydrogen-bond acceptors (Lipinski definition) is 6. The second-order valence-electron chi connectivity index (χ2n) is 5.15. The van der Waals surface area contributed by atoms with E-state index in [4.69, 9.17) is 4.52 Å². The number of rotatable bonds is 4. The van der Waals surface area contributed by atoms with Gasteiger partial charge < -0.3 is 14.6 Å². The maximum Gasteiger partial charge on any atom is 0.360 e. The lowest BCUT2D eigenvalue weighted by molar-refractivity contribution is 0.0594. The maximum atomic E-state index is 12.3. The Bertz CT molecular complexity index is 714. The first-order valence-corrected chi connectivity index (χ1v) is 6.75. The van der Waals surface area contributed by atoms with Gasteiger partial charge >= 0.3 is 5.97 Å². The van der Waals surface area contributed by atoms with Crippen LogP contribution >= 0.6 is 0 Å². The standard InChI is InChI=1S/C14H18N4O4/c1-7(2)10-6-9(17-22-10)13(19)15-11-8(3)18(4)16-12(11)14(20)21-5/h6-7H,1-5H3,(H,15,19). The number of esters is 1. The van der Waals surface area contributed by atoms with E-state index in [1.165, 1.54) is 11.8 Å². The number of aromatic nitrogens is 3. The number of hydrogen-bond donors (Lipinski definition) is 1. The third kappa shape index (κ3) is 2.85. The van der Waals surface area contributed by atoms with E-state index in [0.717, 1.165) is 0 Å². The van der Waals surface area contributed by atoms with Crippen molar-refractivity contribution in [1.82, 2.24) is 14.9 Å². The van der Waals surface area contributed by atoms with Crippen molar-refractivity contribution in [3.63, 3.8) is 0 Å². The lowest BCUT2D eigenvalue weighted by atomic mass is 10.1. The summed E-state index contributed by atoms with van der Waals surface area (Å²) in [5.41, 5.74) is 1.11. The van der Waals surface area contributed by atoms with Crippen molar-refractivity contribution >= 4 is 17.6 Å². The summed E-state index contributed by atoms with van der Waals surface area (Å²) < 4.78 is 11.3. The molecule has 2 aromatic rings. The Kier molecular flexibility index (Phi) is 4.30. The van der Waals surface area contributed by atoms with Crippen LogP contribution in [0.25, 0.3) is 0 Å². The summed E-state index contributed by atoms with van der Waals surface area (Å²) in [6.07, 6.45) is 0. The number of carbonyl (C=O) groups is 2. The molecule has 0 aliphatic rings. The van der Waals surface area contributed by atoms with Crippen LogP contribution in [0.3, 0.4) is 0 Å². The summed E-state index contributed by atoms with van der Waals surface area (Å²) in [7, 11) is 2.93. The number of aryl methyl sites for hydroxylation is 1. The molecule has 0 bridgehead atoms. The first-order valence-electron chi connectivity index (χ1n) is 6.75. The normalized spacial score (nSPS) is 10.8. The largest absolute Gasteiger partial charge is 0.464 e. The molecule has 0 aliphatic carbocycles. The van der Waals surface area contributed by atoms with Gasteiger partial charge in [-0.2, -0.15) is 5.10 Å². The van der Waals surface area contributed by atoms with Crippen molar-refractivity contribution in [2.24, 2.45) is 7.05 Å². The van der Waals surface area contributed by atoms with Gasteiger partial charge in [0, 0.05) is 19.0 Å². The molecule has 0 fully saturated rings. The fourth-order valence-electron chi connectivity index (χ4n) is 1.84. The second-order valence-corrected chi connectivity index (χ2v) is 5.15. The number of ether oxygens (including phenoxy) is 1. The van der Waals surface area contributed by atoms with E-state index in [1.807, 2.05) is 13.8 Å². The number of carbonyl (C=O) groups excluding carboxylic acids is 2. The van der Waals surface area contributed by atoms with Crippen LogP contribution < -0.4 is 5.32 Å². The van der Waals surface area contributed by atoms with E-state index in [1.54, 1.807) is 20.0 Å². The van der Waals surface area contributed by atoms with Gasteiger partial charge in [-0.3, -0.25) is 9.48 Å². The van der Waals surface area contributed by atoms with Gasteiger partial charge in [-0.15, -0.1) is 0 Å². The van der Waals surface area contributed by atoms with Crippen molar-refractivity contribution in [2.75, 3.05) is 12.4 Å². The van der Waals surface area contributed by atoms with E-state index in [-0.39, 0.29) is 17.3 Å². The fourth-order valence-corrected chi connectivity index (χ4v) is 1.84. The molecule has 22 heavy (non-hydrogen) atoms. The van der Waals surface area contributed by atoms with E-state index >= 15 is 0 Å². The SMILES string of the molecule is COC(=O)c1nn(C)c(C)c1NC(=O)c1cc(C(C)C)on1. The first-order chi connectivity index (χ1) is 10.3. The predicted octanol–water partition coefficient (Wildman–Crippen LogP) is 1.88. The highest BCUT2D eigenvalue weighted by molar-refractivity contribution is 6.06. The summed E-state index contributed by atoms with van der Waals surface area (Å²) >= 11 is 0. The van der Waals surface area contributed by atoms with Crippen LogP contribution in [0, 0.1) is 6.92 Å². The molecule has 1 amide bonds. The highest BCUT2D eigenvalue weighted by atomic mass is 16.5. The summed E-state index contributed by atoms with van der Waals surface area (Å²) in [4.78, 5) is 24.0. The van der Waals surface area contributed by atoms with E-state index < -0.39 is 11.9 Å². The van der Waals surface area contributed by atoms with Gasteiger partial charge in [0.25, 0.3) is 5.91 Å². The minimum atomic E-state index is -0.623. The summed E-state index contributed by atoms with van der Waals surface area (Å²) in [6, 6.07) is 1.57. The molecule has 0 spiro atoms. The first kappa shape index (κ1) is 15.7. The third-order valence-corrected chi connectivity index (χ3v) is 3.28. The zero-order valence-electron chi connectivity index (χ0n) is 13.1. The smallest absolute Gasteiger partial charge is 0.360 e. The quantitative estimate of drug-likeness (QED) is 0.866. The third-order valence-electron chi connectivity index (χ3n) is 3.28. The van der Waals surface area contributed by atoms with Gasteiger partial charge in [0.05, 0.1) is 18.5 Å². The molecule has 0 saturated heterocycles. The van der Waals surface area contributed by atoms with Gasteiger partial charge in [0.1, 0.15) is 5.76 Å². The molecule has 2 heterocycles. The number of anilines is 1. The molecule has 0 aromatic carbocycles. The molecule has 0 unspecified atom stereocenters. The molecular formula is C14H18N4O4. The highest BCUT2D eigenvalue weighted by Crippen LogP contribution is 2.22. The van der Waals surface area contributed by atoms with Crippen LogP contribution in [-0.4, -0.2) is 33.9 Å². The Morgan fingerprint density at radius 3 is 2.64 bits per heavy atom. The average molecular weight is 306 g/mol. The average Bonchev–Trinajstić information content (AvgIpc) is 3.07. The van der Waals surface area contributed by atoms with Crippen LogP contribution in [0.4, 0.5) is 5.69 Å². The molecule has 0 atom stereocenters. The molecule has 8 nitrogen and oxygen atoms in total. The topological polar surface area (TPSA) is 99.2 Å². The number of nitrogens with zero attached hydrogens (tertiary/aromatic N) is 3.